The normalized spacial score (nSPS) is 43.6. The van der Waals surface area contributed by atoms with Gasteiger partial charge in [0.15, 0.2) is 0 Å². The van der Waals surface area contributed by atoms with Gasteiger partial charge in [-0.2, -0.15) is 0 Å². The molecule has 0 bridgehead atoms. The molecule has 1 aliphatic heterocycles. The molecule has 0 N–H and O–H groups in total. The predicted octanol–water partition coefficient (Wildman–Crippen LogP) is 3.91. The fraction of sp³-hybridized carbons (Fsp3) is 0.733. The topological polar surface area (TPSA) is 122 Å². The van der Waals surface area contributed by atoms with Crippen LogP contribution < -0.4 is 5.63 Å². The van der Waals surface area contributed by atoms with Gasteiger partial charge in [-0.05, 0) is 74.3 Å². The molecule has 1 saturated heterocycles. The number of ether oxygens (including phenoxy) is 4. The van der Waals surface area contributed by atoms with Crippen LogP contribution in [0.25, 0.3) is 0 Å². The van der Waals surface area contributed by atoms with E-state index in [0.29, 0.717) is 6.61 Å². The van der Waals surface area contributed by atoms with Crippen LogP contribution in [0.1, 0.15) is 84.1 Å². The van der Waals surface area contributed by atoms with E-state index >= 15 is 0 Å². The van der Waals surface area contributed by atoms with Crippen molar-refractivity contribution in [3.8, 4) is 0 Å². The summed E-state index contributed by atoms with van der Waals surface area (Å²) in [6, 6.07) is 3.21. The van der Waals surface area contributed by atoms with Gasteiger partial charge in [-0.25, -0.2) is 4.79 Å². The molecule has 2 heterocycles. The summed E-state index contributed by atoms with van der Waals surface area (Å²) in [5.41, 5.74) is -0.587. The number of hydrogen-bond acceptors (Lipinski definition) is 9. The van der Waals surface area contributed by atoms with Gasteiger partial charge >= 0.3 is 23.5 Å². The third kappa shape index (κ3) is 3.90. The second kappa shape index (κ2) is 9.18. The maximum atomic E-state index is 12.2. The van der Waals surface area contributed by atoms with Crippen LogP contribution in [0, 0.1) is 28.6 Å². The third-order valence-electron chi connectivity index (χ3n) is 11.0. The number of esters is 3. The molecule has 1 aromatic rings. The van der Waals surface area contributed by atoms with E-state index in [1.54, 1.807) is 6.07 Å². The van der Waals surface area contributed by atoms with Crippen molar-refractivity contribution in [1.82, 2.24) is 0 Å². The van der Waals surface area contributed by atoms with Crippen LogP contribution in [0.5, 0.6) is 0 Å². The van der Waals surface area contributed by atoms with Crippen LogP contribution in [0.2, 0.25) is 0 Å². The largest absolute Gasteiger partial charge is 0.465 e. The van der Waals surface area contributed by atoms with Gasteiger partial charge in [-0.15, -0.1) is 0 Å². The maximum absolute atomic E-state index is 12.2. The van der Waals surface area contributed by atoms with Crippen LogP contribution in [0.3, 0.4) is 0 Å². The first-order valence-corrected chi connectivity index (χ1v) is 14.3. The molecule has 10 atom stereocenters. The van der Waals surface area contributed by atoms with Crippen molar-refractivity contribution >= 4 is 17.9 Å². The molecular weight excluding hydrogens is 504 g/mol. The summed E-state index contributed by atoms with van der Waals surface area (Å²) >= 11 is 0. The number of epoxide rings is 1. The minimum atomic E-state index is -0.474. The number of hydrogen-bond donors (Lipinski definition) is 0. The summed E-state index contributed by atoms with van der Waals surface area (Å²) in [6.07, 6.45) is 6.67. The molecule has 39 heavy (non-hydrogen) atoms. The second-order valence-electron chi connectivity index (χ2n) is 12.7. The Morgan fingerprint density at radius 3 is 2.38 bits per heavy atom. The van der Waals surface area contributed by atoms with Gasteiger partial charge in [0.05, 0.1) is 12.9 Å². The number of fused-ring (bicyclic) bond motifs is 3. The van der Waals surface area contributed by atoms with Gasteiger partial charge in [0, 0.05) is 43.6 Å². The summed E-state index contributed by atoms with van der Waals surface area (Å²) in [5.74, 6) is -0.312. The molecule has 0 aromatic carbocycles. The van der Waals surface area contributed by atoms with E-state index in [9.17, 15) is 19.2 Å². The van der Waals surface area contributed by atoms with Gasteiger partial charge < -0.3 is 23.4 Å². The molecule has 5 aliphatic rings. The minimum Gasteiger partial charge on any atom is -0.465 e. The highest BCUT2D eigenvalue weighted by atomic mass is 16.7. The van der Waals surface area contributed by atoms with E-state index in [1.807, 2.05) is 0 Å². The van der Waals surface area contributed by atoms with E-state index in [-0.39, 0.29) is 64.6 Å². The average Bonchev–Trinajstić information content (AvgIpc) is 3.58. The fourth-order valence-corrected chi connectivity index (χ4v) is 9.74. The lowest BCUT2D eigenvalue weighted by atomic mass is 9.43. The van der Waals surface area contributed by atoms with Gasteiger partial charge in [-0.1, -0.05) is 6.92 Å². The molecule has 0 amide bonds. The van der Waals surface area contributed by atoms with Crippen molar-refractivity contribution in [3.05, 3.63) is 34.4 Å². The van der Waals surface area contributed by atoms with Crippen molar-refractivity contribution in [2.45, 2.75) is 102 Å². The number of rotatable bonds is 5. The Labute approximate surface area is 227 Å². The van der Waals surface area contributed by atoms with Gasteiger partial charge in [-0.3, -0.25) is 14.4 Å². The van der Waals surface area contributed by atoms with E-state index in [1.165, 1.54) is 33.1 Å². The Balaban J connectivity index is 1.37. The summed E-state index contributed by atoms with van der Waals surface area (Å²) < 4.78 is 29.3. The molecule has 4 aliphatic carbocycles. The van der Waals surface area contributed by atoms with Crippen molar-refractivity contribution in [2.75, 3.05) is 6.61 Å². The van der Waals surface area contributed by atoms with Crippen LogP contribution >= 0.6 is 0 Å². The highest BCUT2D eigenvalue weighted by molar-refractivity contribution is 5.67. The van der Waals surface area contributed by atoms with Gasteiger partial charge in [0.1, 0.15) is 23.9 Å². The van der Waals surface area contributed by atoms with E-state index in [0.717, 1.165) is 50.5 Å². The van der Waals surface area contributed by atoms with Crippen molar-refractivity contribution < 1.29 is 37.7 Å². The Bertz CT molecular complexity index is 1220. The molecule has 1 spiro atoms. The highest BCUT2D eigenvalue weighted by Gasteiger charge is 2.85. The molecule has 0 radical (unpaired) electrons. The van der Waals surface area contributed by atoms with Crippen molar-refractivity contribution in [1.29, 1.82) is 0 Å². The van der Waals surface area contributed by atoms with Crippen molar-refractivity contribution in [2.24, 2.45) is 28.6 Å². The van der Waals surface area contributed by atoms with E-state index in [4.69, 9.17) is 23.4 Å². The molecular formula is C30H38O9. The Morgan fingerprint density at radius 2 is 1.72 bits per heavy atom. The van der Waals surface area contributed by atoms with E-state index < -0.39 is 17.3 Å². The Hall–Kier alpha value is -2.68. The SMILES string of the molecule is CC(=O)OCC12CCC(OC(C)=O)CC1CCC1C2CCC2(C)C(c3ccc(=O)oc3)C(OC(C)=O)C3OC132. The van der Waals surface area contributed by atoms with Crippen molar-refractivity contribution in [3.63, 3.8) is 0 Å². The molecule has 1 aromatic heterocycles. The number of carbonyl (C=O) groups is 3. The molecule has 9 heteroatoms. The molecule has 5 fully saturated rings. The molecule has 4 saturated carbocycles. The Kier molecular flexibility index (Phi) is 6.25. The first kappa shape index (κ1) is 26.5. The lowest BCUT2D eigenvalue weighted by molar-refractivity contribution is -0.186. The number of carbonyl (C=O) groups excluding carboxylic acids is 3. The minimum absolute atomic E-state index is 0.108. The zero-order chi connectivity index (χ0) is 27.7. The fourth-order valence-electron chi connectivity index (χ4n) is 9.74. The van der Waals surface area contributed by atoms with Gasteiger partial charge in [0.2, 0.25) is 0 Å². The zero-order valence-corrected chi connectivity index (χ0v) is 23.1. The summed E-state index contributed by atoms with van der Waals surface area (Å²) in [6.45, 7) is 6.93. The maximum Gasteiger partial charge on any atom is 0.335 e. The summed E-state index contributed by atoms with van der Waals surface area (Å²) in [4.78, 5) is 47.7. The lowest BCUT2D eigenvalue weighted by Crippen LogP contribution is -2.60. The quantitative estimate of drug-likeness (QED) is 0.310. The van der Waals surface area contributed by atoms with Gasteiger partial charge in [0.25, 0.3) is 0 Å². The highest BCUT2D eigenvalue weighted by Crippen LogP contribution is 2.78. The summed E-state index contributed by atoms with van der Waals surface area (Å²) in [7, 11) is 0. The predicted molar refractivity (Wildman–Crippen MR) is 136 cm³/mol. The van der Waals surface area contributed by atoms with Crippen LogP contribution in [0.4, 0.5) is 0 Å². The second-order valence-corrected chi connectivity index (χ2v) is 12.7. The molecule has 6 rings (SSSR count). The first-order valence-electron chi connectivity index (χ1n) is 14.3. The molecule has 212 valence electrons. The van der Waals surface area contributed by atoms with E-state index in [2.05, 4.69) is 6.92 Å². The monoisotopic (exact) mass is 542 g/mol. The van der Waals surface area contributed by atoms with Crippen LogP contribution in [-0.4, -0.2) is 48.4 Å². The van der Waals surface area contributed by atoms with Crippen LogP contribution in [0.15, 0.2) is 27.6 Å². The zero-order valence-electron chi connectivity index (χ0n) is 23.1. The standard InChI is InChI=1S/C30H38O9/c1-16(31)36-15-29-12-9-21(37-17(2)32)13-20(29)6-7-23-22(29)10-11-28(4)25(19-5-8-24(34)35-14-19)26(38-18(3)33)27-30(23,28)39-27/h5,8,14,20-23,25-27H,6-7,9-13,15H2,1-4H3. The summed E-state index contributed by atoms with van der Waals surface area (Å²) in [5, 5.41) is 0. The van der Waals surface area contributed by atoms with Crippen LogP contribution in [-0.2, 0) is 33.3 Å². The average molecular weight is 543 g/mol. The first-order chi connectivity index (χ1) is 18.5. The molecule has 10 unspecified atom stereocenters. The Morgan fingerprint density at radius 1 is 0.949 bits per heavy atom. The smallest absolute Gasteiger partial charge is 0.335 e. The molecule has 9 nitrogen and oxygen atoms in total. The lowest BCUT2D eigenvalue weighted by Gasteiger charge is -2.61. The third-order valence-corrected chi connectivity index (χ3v) is 11.0.